The second-order valence-corrected chi connectivity index (χ2v) is 6.02. The van der Waals surface area contributed by atoms with E-state index in [4.69, 9.17) is 26.2 Å². The van der Waals surface area contributed by atoms with Crippen molar-refractivity contribution in [1.82, 2.24) is 15.8 Å². The van der Waals surface area contributed by atoms with Crippen molar-refractivity contribution in [3.8, 4) is 5.75 Å². The van der Waals surface area contributed by atoms with Crippen LogP contribution in [0.15, 0.2) is 18.2 Å². The summed E-state index contributed by atoms with van der Waals surface area (Å²) >= 11 is 5.93. The number of carboxylic acid groups (broad SMARTS) is 1. The molecular formula is C15H17ClF3N3O4. The number of hydrogen-bond donors (Lipinski definition) is 3. The number of piperazine rings is 1. The van der Waals surface area contributed by atoms with Crippen LogP contribution >= 0.6 is 11.6 Å². The number of hydrogen-bond acceptors (Lipinski definition) is 5. The molecule has 7 nitrogen and oxygen atoms in total. The fourth-order valence-corrected chi connectivity index (χ4v) is 2.56. The summed E-state index contributed by atoms with van der Waals surface area (Å²) < 4.78 is 37.4. The lowest BCUT2D eigenvalue weighted by atomic mass is 10.1. The Morgan fingerprint density at radius 2 is 1.92 bits per heavy atom. The maximum atomic E-state index is 12.1. The lowest BCUT2D eigenvalue weighted by Gasteiger charge is -2.28. The average molecular weight is 396 g/mol. The van der Waals surface area contributed by atoms with Gasteiger partial charge in [-0.05, 0) is 23.8 Å². The van der Waals surface area contributed by atoms with E-state index < -0.39 is 18.2 Å². The van der Waals surface area contributed by atoms with Crippen LogP contribution in [-0.4, -0.2) is 60.5 Å². The number of nitrogens with one attached hydrogen (secondary N) is 2. The number of carbonyl (C=O) groups is 2. The molecule has 144 valence electrons. The summed E-state index contributed by atoms with van der Waals surface area (Å²) in [5.41, 5.74) is 3.90. The SMILES string of the molecule is O=C(NN1CCNCC1)C1Cc2cc(Cl)ccc2O1.O=C(O)C(F)(F)F. The van der Waals surface area contributed by atoms with Gasteiger partial charge in [0.15, 0.2) is 6.10 Å². The van der Waals surface area contributed by atoms with Crippen LogP contribution in [0.5, 0.6) is 5.75 Å². The van der Waals surface area contributed by atoms with Crippen LogP contribution in [0.3, 0.4) is 0 Å². The van der Waals surface area contributed by atoms with Gasteiger partial charge in [-0.15, -0.1) is 0 Å². The van der Waals surface area contributed by atoms with E-state index in [1.54, 1.807) is 6.07 Å². The largest absolute Gasteiger partial charge is 0.490 e. The molecule has 1 saturated heterocycles. The first-order valence-electron chi connectivity index (χ1n) is 7.68. The monoisotopic (exact) mass is 395 g/mol. The molecule has 2 heterocycles. The Morgan fingerprint density at radius 1 is 1.31 bits per heavy atom. The van der Waals surface area contributed by atoms with Crippen molar-refractivity contribution in [2.75, 3.05) is 26.2 Å². The third-order valence-corrected chi connectivity index (χ3v) is 3.85. The van der Waals surface area contributed by atoms with Gasteiger partial charge in [0.25, 0.3) is 5.91 Å². The molecule has 11 heteroatoms. The Morgan fingerprint density at radius 3 is 2.50 bits per heavy atom. The molecule has 0 aromatic heterocycles. The Hall–Kier alpha value is -2.04. The highest BCUT2D eigenvalue weighted by atomic mass is 35.5. The van der Waals surface area contributed by atoms with Crippen LogP contribution < -0.4 is 15.5 Å². The number of fused-ring (bicyclic) bond motifs is 1. The van der Waals surface area contributed by atoms with Gasteiger partial charge in [0.1, 0.15) is 5.75 Å². The Kier molecular flexibility index (Phi) is 6.68. The van der Waals surface area contributed by atoms with E-state index in [2.05, 4.69) is 10.7 Å². The van der Waals surface area contributed by atoms with Gasteiger partial charge in [-0.3, -0.25) is 10.2 Å². The third kappa shape index (κ3) is 5.75. The lowest BCUT2D eigenvalue weighted by Crippen LogP contribution is -2.54. The van der Waals surface area contributed by atoms with Gasteiger partial charge < -0.3 is 15.2 Å². The molecule has 0 spiro atoms. The molecule has 0 bridgehead atoms. The number of halogens is 4. The van der Waals surface area contributed by atoms with E-state index in [-0.39, 0.29) is 5.91 Å². The summed E-state index contributed by atoms with van der Waals surface area (Å²) in [7, 11) is 0. The summed E-state index contributed by atoms with van der Waals surface area (Å²) in [6, 6.07) is 5.45. The maximum Gasteiger partial charge on any atom is 0.490 e. The Labute approximate surface area is 152 Å². The summed E-state index contributed by atoms with van der Waals surface area (Å²) in [4.78, 5) is 21.0. The van der Waals surface area contributed by atoms with E-state index in [9.17, 15) is 18.0 Å². The minimum absolute atomic E-state index is 0.0887. The van der Waals surface area contributed by atoms with E-state index in [1.165, 1.54) is 0 Å². The quantitative estimate of drug-likeness (QED) is 0.697. The third-order valence-electron chi connectivity index (χ3n) is 3.62. The van der Waals surface area contributed by atoms with Crippen LogP contribution in [0.2, 0.25) is 5.02 Å². The van der Waals surface area contributed by atoms with Crippen molar-refractivity contribution in [2.45, 2.75) is 18.7 Å². The normalized spacial score (nSPS) is 19.6. The first-order valence-corrected chi connectivity index (χ1v) is 8.06. The standard InChI is InChI=1S/C13H16ClN3O2.C2HF3O2/c14-10-1-2-11-9(7-10)8-12(19-11)13(18)16-17-5-3-15-4-6-17;3-2(4,5)1(6)7/h1-2,7,12,15H,3-6,8H2,(H,16,18);(H,6,7). The van der Waals surface area contributed by atoms with Crippen molar-refractivity contribution < 1.29 is 32.6 Å². The number of carbonyl (C=O) groups excluding carboxylic acids is 1. The summed E-state index contributed by atoms with van der Waals surface area (Å²) in [6.07, 6.45) is -4.96. The molecule has 1 unspecified atom stereocenters. The molecule has 1 fully saturated rings. The van der Waals surface area contributed by atoms with Gasteiger partial charge >= 0.3 is 12.1 Å². The van der Waals surface area contributed by atoms with Gasteiger partial charge in [0, 0.05) is 37.6 Å². The number of benzene rings is 1. The second-order valence-electron chi connectivity index (χ2n) is 5.58. The molecule has 0 aliphatic carbocycles. The number of amides is 1. The van der Waals surface area contributed by atoms with E-state index >= 15 is 0 Å². The highest BCUT2D eigenvalue weighted by molar-refractivity contribution is 6.30. The number of carboxylic acids is 1. The number of alkyl halides is 3. The predicted octanol–water partition coefficient (Wildman–Crippen LogP) is 1.21. The van der Waals surface area contributed by atoms with Crippen LogP contribution in [0.25, 0.3) is 0 Å². The first-order chi connectivity index (χ1) is 12.2. The van der Waals surface area contributed by atoms with E-state index in [0.29, 0.717) is 11.4 Å². The minimum atomic E-state index is -5.08. The number of ether oxygens (including phenoxy) is 1. The Balaban J connectivity index is 0.000000298. The minimum Gasteiger partial charge on any atom is -0.480 e. The van der Waals surface area contributed by atoms with Crippen LogP contribution in [0, 0.1) is 0 Å². The lowest BCUT2D eigenvalue weighted by molar-refractivity contribution is -0.192. The van der Waals surface area contributed by atoms with Gasteiger partial charge in [0.05, 0.1) is 0 Å². The molecule has 2 aliphatic rings. The van der Waals surface area contributed by atoms with Crippen molar-refractivity contribution >= 4 is 23.5 Å². The zero-order chi connectivity index (χ0) is 19.3. The predicted molar refractivity (Wildman–Crippen MR) is 85.8 cm³/mol. The molecule has 0 saturated carbocycles. The summed E-state index contributed by atoms with van der Waals surface area (Å²) in [5, 5.41) is 13.0. The number of nitrogens with zero attached hydrogens (tertiary/aromatic N) is 1. The number of aliphatic carboxylic acids is 1. The summed E-state index contributed by atoms with van der Waals surface area (Å²) in [5.74, 6) is -2.09. The smallest absolute Gasteiger partial charge is 0.480 e. The van der Waals surface area contributed by atoms with Crippen LogP contribution in [0.4, 0.5) is 13.2 Å². The average Bonchev–Trinajstić information content (AvgIpc) is 2.98. The van der Waals surface area contributed by atoms with Gasteiger partial charge in [-0.1, -0.05) is 11.6 Å². The molecule has 1 aromatic rings. The van der Waals surface area contributed by atoms with Crippen molar-refractivity contribution in [3.05, 3.63) is 28.8 Å². The fraction of sp³-hybridized carbons (Fsp3) is 0.467. The molecule has 2 aliphatic heterocycles. The maximum absolute atomic E-state index is 12.1. The summed E-state index contributed by atoms with van der Waals surface area (Å²) in [6.45, 7) is 3.41. The number of hydrazine groups is 1. The van der Waals surface area contributed by atoms with Crippen molar-refractivity contribution in [3.63, 3.8) is 0 Å². The van der Waals surface area contributed by atoms with Crippen molar-refractivity contribution in [2.24, 2.45) is 0 Å². The second kappa shape index (κ2) is 8.56. The zero-order valence-electron chi connectivity index (χ0n) is 13.5. The van der Waals surface area contributed by atoms with E-state index in [0.717, 1.165) is 37.5 Å². The van der Waals surface area contributed by atoms with Gasteiger partial charge in [0.2, 0.25) is 0 Å². The first kappa shape index (κ1) is 20.3. The molecule has 3 rings (SSSR count). The van der Waals surface area contributed by atoms with Gasteiger partial charge in [-0.2, -0.15) is 13.2 Å². The van der Waals surface area contributed by atoms with Crippen LogP contribution in [0.1, 0.15) is 5.56 Å². The van der Waals surface area contributed by atoms with Crippen molar-refractivity contribution in [1.29, 1.82) is 0 Å². The molecular weight excluding hydrogens is 379 g/mol. The molecule has 1 amide bonds. The molecule has 0 radical (unpaired) electrons. The molecule has 26 heavy (non-hydrogen) atoms. The molecule has 1 atom stereocenters. The van der Waals surface area contributed by atoms with Crippen LogP contribution in [-0.2, 0) is 16.0 Å². The highest BCUT2D eigenvalue weighted by Gasteiger charge is 2.38. The highest BCUT2D eigenvalue weighted by Crippen LogP contribution is 2.31. The van der Waals surface area contributed by atoms with Gasteiger partial charge in [-0.25, -0.2) is 9.80 Å². The fourth-order valence-electron chi connectivity index (χ4n) is 2.37. The van der Waals surface area contributed by atoms with E-state index in [1.807, 2.05) is 17.1 Å². The topological polar surface area (TPSA) is 90.9 Å². The zero-order valence-corrected chi connectivity index (χ0v) is 14.2. The number of rotatable bonds is 2. The molecule has 1 aromatic carbocycles. The Bertz CT molecular complexity index is 666. The molecule has 3 N–H and O–H groups in total.